The maximum atomic E-state index is 7.43. The Bertz CT molecular complexity index is 3260. The maximum Gasteiger partial charge on any atom is 0.187 e. The molecule has 7 aromatic carbocycles. The van der Waals surface area contributed by atoms with Gasteiger partial charge in [-0.15, -0.1) is 0 Å². The van der Waals surface area contributed by atoms with Gasteiger partial charge in [0, 0.05) is 53.8 Å². The van der Waals surface area contributed by atoms with Crippen molar-refractivity contribution in [1.29, 1.82) is 0 Å². The number of halogens is 7. The van der Waals surface area contributed by atoms with Crippen LogP contribution in [0.4, 0.5) is 0 Å². The van der Waals surface area contributed by atoms with Crippen LogP contribution >= 0.6 is 81.2 Å². The van der Waals surface area contributed by atoms with Crippen LogP contribution in [-0.2, 0) is 98.4 Å². The van der Waals surface area contributed by atoms with Crippen molar-refractivity contribution < 1.29 is 52.1 Å². The molecule has 22 heteroatoms. The van der Waals surface area contributed by atoms with Gasteiger partial charge in [-0.1, -0.05) is 166 Å². The van der Waals surface area contributed by atoms with E-state index < -0.39 is 91.7 Å². The molecular formula is C67H71Cl7N4O11. The Kier molecular flexibility index (Phi) is 25.3. The third-order valence-corrected chi connectivity index (χ3v) is 17.5. The molecule has 2 saturated heterocycles. The second-order valence-electron chi connectivity index (χ2n) is 22.2. The smallest absolute Gasteiger partial charge is 0.187 e. The molecule has 474 valence electrons. The Labute approximate surface area is 554 Å². The van der Waals surface area contributed by atoms with Crippen molar-refractivity contribution >= 4 is 81.2 Å². The van der Waals surface area contributed by atoms with Gasteiger partial charge in [-0.3, -0.25) is 0 Å². The van der Waals surface area contributed by atoms with Crippen LogP contribution in [0.25, 0.3) is 0 Å². The van der Waals surface area contributed by atoms with Crippen LogP contribution in [0.1, 0.15) is 45.4 Å². The van der Waals surface area contributed by atoms with Crippen LogP contribution in [0.3, 0.4) is 0 Å². The molecule has 0 radical (unpaired) electrons. The number of hydrogen-bond donors (Lipinski definition) is 4. The molecular weight excluding hydrogens is 1280 g/mol. The lowest BCUT2D eigenvalue weighted by Gasteiger charge is -2.51. The minimum Gasteiger partial charge on any atom is -0.374 e. The molecule has 2 aliphatic heterocycles. The largest absolute Gasteiger partial charge is 0.374 e. The number of nitrogens with two attached hydrogens (primary N) is 4. The zero-order chi connectivity index (χ0) is 62.4. The lowest BCUT2D eigenvalue weighted by molar-refractivity contribution is -0.351. The van der Waals surface area contributed by atoms with Crippen LogP contribution in [0.5, 0.6) is 0 Å². The highest BCUT2D eigenvalue weighted by molar-refractivity contribution is 6.32. The van der Waals surface area contributed by atoms with Gasteiger partial charge >= 0.3 is 0 Å². The highest BCUT2D eigenvalue weighted by Gasteiger charge is 2.55. The predicted octanol–water partition coefficient (Wildman–Crippen LogP) is 12.9. The van der Waals surface area contributed by atoms with E-state index in [1.807, 2.05) is 84.9 Å². The summed E-state index contributed by atoms with van der Waals surface area (Å²) in [6.07, 6.45) is -11.5. The molecule has 1 unspecified atom stereocenters. The Hall–Kier alpha value is -4.03. The first-order chi connectivity index (χ1) is 43.1. The lowest BCUT2D eigenvalue weighted by atomic mass is 9.84. The van der Waals surface area contributed by atoms with Gasteiger partial charge in [0.15, 0.2) is 12.6 Å². The van der Waals surface area contributed by atoms with Gasteiger partial charge in [0.1, 0.15) is 61.0 Å². The molecule has 1 saturated carbocycles. The van der Waals surface area contributed by atoms with Crippen molar-refractivity contribution in [3.05, 3.63) is 244 Å². The number of rotatable bonds is 27. The van der Waals surface area contributed by atoms with Crippen molar-refractivity contribution in [2.75, 3.05) is 13.2 Å². The Morgan fingerprint density at radius 3 is 0.933 bits per heavy atom. The first kappa shape index (κ1) is 67.8. The van der Waals surface area contributed by atoms with Crippen molar-refractivity contribution in [1.82, 2.24) is 0 Å². The molecule has 3 aliphatic rings. The van der Waals surface area contributed by atoms with E-state index in [1.165, 1.54) is 0 Å². The quantitative estimate of drug-likeness (QED) is 0.0378. The summed E-state index contributed by atoms with van der Waals surface area (Å²) in [7, 11) is 0. The highest BCUT2D eigenvalue weighted by Crippen LogP contribution is 2.38. The standard InChI is InChI=1S/C67H71Cl7N4O11/c68-46-15-1-39(2-16-46)31-79-38-56-60(80-32-40-3-17-47(69)18-4-40)57(78)62(82-34-42-7-21-49(71)22-8-42)66(87-56)88-58-53(76)29-54(77)59(63(58)83-35-43-9-23-50(72)24-10-43)89-67-65(85-37-45-13-27-52(74)28-14-45)64(84-36-44-11-25-51(73)26-12-44)61(55(30-75)86-67)81-33-41-5-19-48(70)20-6-41/h1-28,53-67H,29-38,75-78H2/t53-,54+,55-,56-,57+,58+,59-,60-,61-,62-,63-,64+,65-,66-,67?/m1/s1. The van der Waals surface area contributed by atoms with E-state index in [9.17, 15) is 0 Å². The molecule has 89 heavy (non-hydrogen) atoms. The van der Waals surface area contributed by atoms with Crippen LogP contribution in [-0.4, -0.2) is 105 Å². The van der Waals surface area contributed by atoms with Crippen molar-refractivity contribution in [2.24, 2.45) is 22.9 Å². The fourth-order valence-electron chi connectivity index (χ4n) is 11.0. The zero-order valence-corrected chi connectivity index (χ0v) is 53.6. The minimum atomic E-state index is -1.23. The van der Waals surface area contributed by atoms with Gasteiger partial charge in [0.25, 0.3) is 0 Å². The summed E-state index contributed by atoms with van der Waals surface area (Å²) in [6, 6.07) is 48.9. The van der Waals surface area contributed by atoms with E-state index in [2.05, 4.69) is 0 Å². The van der Waals surface area contributed by atoms with Gasteiger partial charge in [0.2, 0.25) is 0 Å². The van der Waals surface area contributed by atoms with E-state index in [0.29, 0.717) is 35.2 Å². The van der Waals surface area contributed by atoms with Gasteiger partial charge < -0.3 is 75.0 Å². The van der Waals surface area contributed by atoms with Crippen LogP contribution < -0.4 is 22.9 Å². The van der Waals surface area contributed by atoms with Gasteiger partial charge in [-0.2, -0.15) is 0 Å². The van der Waals surface area contributed by atoms with Crippen LogP contribution in [0, 0.1) is 0 Å². The van der Waals surface area contributed by atoms with Crippen LogP contribution in [0.15, 0.2) is 170 Å². The molecule has 0 spiro atoms. The second-order valence-corrected chi connectivity index (χ2v) is 25.3. The normalized spacial score (nSPS) is 27.2. The maximum absolute atomic E-state index is 7.43. The Morgan fingerprint density at radius 2 is 0.584 bits per heavy atom. The summed E-state index contributed by atoms with van der Waals surface area (Å²) < 4.78 is 76.4. The number of ether oxygens (including phenoxy) is 11. The topological polar surface area (TPSA) is 206 Å². The van der Waals surface area contributed by atoms with E-state index in [1.54, 1.807) is 84.9 Å². The summed E-state index contributed by atoms with van der Waals surface area (Å²) in [5.41, 5.74) is 34.5. The first-order valence-electron chi connectivity index (χ1n) is 29.2. The van der Waals surface area contributed by atoms with Gasteiger partial charge in [-0.25, -0.2) is 0 Å². The van der Waals surface area contributed by atoms with E-state index in [4.69, 9.17) is 156 Å². The third-order valence-electron chi connectivity index (χ3n) is 15.7. The summed E-state index contributed by atoms with van der Waals surface area (Å²) in [6.45, 7) is 0.908. The average molecular weight is 1360 g/mol. The summed E-state index contributed by atoms with van der Waals surface area (Å²) in [4.78, 5) is 0. The summed E-state index contributed by atoms with van der Waals surface area (Å²) >= 11 is 44.3. The molecule has 0 amide bonds. The van der Waals surface area contributed by atoms with Gasteiger partial charge in [-0.05, 0) is 130 Å². The SMILES string of the molecule is NC[C@H]1OC(O[C@H]2[C@H](OCc3ccc(Cl)cc3)[C@@H](O[C@H]3O[C@H](COCc4ccc(Cl)cc4)[C@@H](OCc4ccc(Cl)cc4)[C@H](N)[C@H]3OCc3ccc(Cl)cc3)[C@H](N)C[C@@H]2N)[C@H](OCc2ccc(Cl)cc2)[C@@H](OCc2ccc(Cl)cc2)[C@@H]1OCc1ccc(Cl)cc1. The number of hydrogen-bond acceptors (Lipinski definition) is 15. The van der Waals surface area contributed by atoms with Crippen molar-refractivity contribution in [2.45, 2.75) is 144 Å². The second kappa shape index (κ2) is 33.2. The molecule has 15 atom stereocenters. The van der Waals surface area contributed by atoms with E-state index in [0.717, 1.165) is 38.9 Å². The van der Waals surface area contributed by atoms with E-state index in [-0.39, 0.29) is 65.8 Å². The monoisotopic (exact) mass is 1350 g/mol. The van der Waals surface area contributed by atoms with Crippen molar-refractivity contribution in [3.63, 3.8) is 0 Å². The fraction of sp³-hybridized carbons (Fsp3) is 0.373. The Morgan fingerprint density at radius 1 is 0.315 bits per heavy atom. The molecule has 3 fully saturated rings. The minimum absolute atomic E-state index is 0.00858. The lowest BCUT2D eigenvalue weighted by Crippen LogP contribution is -2.69. The molecule has 15 nitrogen and oxygen atoms in total. The highest BCUT2D eigenvalue weighted by atomic mass is 35.5. The fourth-order valence-corrected chi connectivity index (χ4v) is 11.8. The molecule has 8 N–H and O–H groups in total. The predicted molar refractivity (Wildman–Crippen MR) is 346 cm³/mol. The third kappa shape index (κ3) is 19.1. The van der Waals surface area contributed by atoms with Crippen LogP contribution in [0.2, 0.25) is 35.2 Å². The van der Waals surface area contributed by atoms with E-state index >= 15 is 0 Å². The summed E-state index contributed by atoms with van der Waals surface area (Å²) in [5, 5.41) is 4.02. The van der Waals surface area contributed by atoms with Gasteiger partial charge in [0.05, 0.1) is 58.9 Å². The zero-order valence-electron chi connectivity index (χ0n) is 48.3. The number of benzene rings is 7. The molecule has 0 aromatic heterocycles. The molecule has 7 aromatic rings. The first-order valence-corrected chi connectivity index (χ1v) is 31.8. The molecule has 10 rings (SSSR count). The average Bonchev–Trinajstić information content (AvgIpc) is 1.15. The summed E-state index contributed by atoms with van der Waals surface area (Å²) in [5.74, 6) is 0. The molecule has 1 aliphatic carbocycles. The van der Waals surface area contributed by atoms with Crippen molar-refractivity contribution in [3.8, 4) is 0 Å². The Balaban J connectivity index is 1.00. The molecule has 2 heterocycles. The molecule has 0 bridgehead atoms.